The van der Waals surface area contributed by atoms with Crippen molar-refractivity contribution in [1.82, 2.24) is 5.43 Å². The number of thiophene rings is 1. The number of carbonyl (C=O) groups excluding carboxylic acids is 1. The fourth-order valence-electron chi connectivity index (χ4n) is 2.08. The quantitative estimate of drug-likeness (QED) is 0.540. The molecule has 0 fully saturated rings. The lowest BCUT2D eigenvalue weighted by Gasteiger charge is -2.22. The van der Waals surface area contributed by atoms with Gasteiger partial charge in [0.2, 0.25) is 10.0 Å². The number of anilines is 1. The average molecular weight is 397 g/mol. The Bertz CT molecular complexity index is 879. The van der Waals surface area contributed by atoms with Crippen LogP contribution in [0, 0.1) is 0 Å². The summed E-state index contributed by atoms with van der Waals surface area (Å²) < 4.78 is 35.5. The van der Waals surface area contributed by atoms with E-state index in [-0.39, 0.29) is 5.69 Å². The molecule has 8 nitrogen and oxygen atoms in total. The molecular weight excluding hydrogens is 378 g/mol. The molecule has 0 spiro atoms. The molecule has 1 aromatic carbocycles. The molecule has 1 N–H and O–H groups in total. The van der Waals surface area contributed by atoms with Gasteiger partial charge in [0.15, 0.2) is 11.5 Å². The molecular formula is C16H19N3O5S2. The Morgan fingerprint density at radius 1 is 1.27 bits per heavy atom. The fraction of sp³-hybridized carbons (Fsp3) is 0.250. The van der Waals surface area contributed by atoms with E-state index in [0.29, 0.717) is 11.5 Å². The first-order chi connectivity index (χ1) is 12.3. The topological polar surface area (TPSA) is 97.3 Å². The lowest BCUT2D eigenvalue weighted by molar-refractivity contribution is -0.119. The Balaban J connectivity index is 2.16. The molecule has 2 aromatic rings. The predicted octanol–water partition coefficient (Wildman–Crippen LogP) is 1.68. The number of hydrogen-bond acceptors (Lipinski definition) is 7. The van der Waals surface area contributed by atoms with Crippen LogP contribution in [0.5, 0.6) is 11.5 Å². The lowest BCUT2D eigenvalue weighted by atomic mass is 10.2. The number of carbonyl (C=O) groups is 1. The normalized spacial score (nSPS) is 11.3. The number of methoxy groups -OCH3 is 2. The SMILES string of the molecule is COc1ccc(N(CC(=O)N/N=C\c2cccs2)S(C)(=O)=O)cc1OC. The van der Waals surface area contributed by atoms with Gasteiger partial charge in [-0.1, -0.05) is 6.07 Å². The maximum Gasteiger partial charge on any atom is 0.260 e. The van der Waals surface area contributed by atoms with Crippen molar-refractivity contribution in [1.29, 1.82) is 0 Å². The summed E-state index contributed by atoms with van der Waals surface area (Å²) in [6, 6.07) is 8.29. The van der Waals surface area contributed by atoms with Crippen molar-refractivity contribution in [2.24, 2.45) is 5.10 Å². The first-order valence-electron chi connectivity index (χ1n) is 7.40. The van der Waals surface area contributed by atoms with Crippen molar-refractivity contribution in [3.63, 3.8) is 0 Å². The molecule has 1 amide bonds. The maximum absolute atomic E-state index is 12.1. The van der Waals surface area contributed by atoms with Crippen molar-refractivity contribution < 1.29 is 22.7 Å². The highest BCUT2D eigenvalue weighted by Crippen LogP contribution is 2.32. The molecule has 0 unspecified atom stereocenters. The summed E-state index contributed by atoms with van der Waals surface area (Å²) >= 11 is 1.46. The fourth-order valence-corrected chi connectivity index (χ4v) is 3.51. The first kappa shape index (κ1) is 19.7. The lowest BCUT2D eigenvalue weighted by Crippen LogP contribution is -2.39. The molecule has 0 atom stereocenters. The second-order valence-electron chi connectivity index (χ2n) is 5.12. The molecule has 0 aliphatic heterocycles. The van der Waals surface area contributed by atoms with E-state index in [2.05, 4.69) is 10.5 Å². The van der Waals surface area contributed by atoms with Gasteiger partial charge < -0.3 is 9.47 Å². The monoisotopic (exact) mass is 397 g/mol. The number of nitrogens with zero attached hydrogens (tertiary/aromatic N) is 2. The molecule has 1 heterocycles. The minimum Gasteiger partial charge on any atom is -0.493 e. The zero-order valence-corrected chi connectivity index (χ0v) is 16.1. The van der Waals surface area contributed by atoms with Gasteiger partial charge in [-0.3, -0.25) is 9.10 Å². The number of rotatable bonds is 8. The van der Waals surface area contributed by atoms with E-state index in [9.17, 15) is 13.2 Å². The Kier molecular flexibility index (Phi) is 6.58. The number of hydrogen-bond donors (Lipinski definition) is 1. The maximum atomic E-state index is 12.1. The molecule has 10 heteroatoms. The third kappa shape index (κ3) is 5.20. The second kappa shape index (κ2) is 8.68. The van der Waals surface area contributed by atoms with Crippen LogP contribution in [0.4, 0.5) is 5.69 Å². The van der Waals surface area contributed by atoms with Gasteiger partial charge in [-0.2, -0.15) is 5.10 Å². The first-order valence-corrected chi connectivity index (χ1v) is 10.1. The molecule has 2 rings (SSSR count). The summed E-state index contributed by atoms with van der Waals surface area (Å²) in [5, 5.41) is 5.70. The van der Waals surface area contributed by atoms with Gasteiger partial charge in [-0.25, -0.2) is 13.8 Å². The smallest absolute Gasteiger partial charge is 0.260 e. The standard InChI is InChI=1S/C16H19N3O5S2/c1-23-14-7-6-12(9-15(14)24-2)19(26(3,21)22)11-16(20)18-17-10-13-5-4-8-25-13/h4-10H,11H2,1-3H3,(H,18,20)/b17-10-. The zero-order valence-electron chi connectivity index (χ0n) is 14.5. The van der Waals surface area contributed by atoms with Gasteiger partial charge >= 0.3 is 0 Å². The molecule has 140 valence electrons. The van der Waals surface area contributed by atoms with E-state index in [1.807, 2.05) is 17.5 Å². The number of nitrogens with one attached hydrogen (secondary N) is 1. The Hall–Kier alpha value is -2.59. The summed E-state index contributed by atoms with van der Waals surface area (Å²) in [6.45, 7) is -0.421. The van der Waals surface area contributed by atoms with Crippen LogP contribution >= 0.6 is 11.3 Å². The van der Waals surface area contributed by atoms with E-state index in [1.165, 1.54) is 43.9 Å². The van der Waals surface area contributed by atoms with E-state index in [1.54, 1.807) is 6.07 Å². The van der Waals surface area contributed by atoms with E-state index >= 15 is 0 Å². The van der Waals surface area contributed by atoms with E-state index < -0.39 is 22.5 Å². The van der Waals surface area contributed by atoms with Crippen molar-refractivity contribution in [3.8, 4) is 11.5 Å². The second-order valence-corrected chi connectivity index (χ2v) is 8.00. The molecule has 0 radical (unpaired) electrons. The van der Waals surface area contributed by atoms with Gasteiger partial charge in [-0.15, -0.1) is 11.3 Å². The van der Waals surface area contributed by atoms with Gasteiger partial charge in [0.25, 0.3) is 5.91 Å². The molecule has 0 bridgehead atoms. The van der Waals surface area contributed by atoms with Crippen LogP contribution in [-0.4, -0.2) is 47.6 Å². The highest BCUT2D eigenvalue weighted by molar-refractivity contribution is 7.92. The predicted molar refractivity (Wildman–Crippen MR) is 102 cm³/mol. The van der Waals surface area contributed by atoms with Gasteiger partial charge in [0.1, 0.15) is 6.54 Å². The zero-order chi connectivity index (χ0) is 19.2. The van der Waals surface area contributed by atoms with Crippen molar-refractivity contribution in [3.05, 3.63) is 40.6 Å². The van der Waals surface area contributed by atoms with Gasteiger partial charge in [0, 0.05) is 10.9 Å². The minimum absolute atomic E-state index is 0.280. The van der Waals surface area contributed by atoms with Crippen molar-refractivity contribution in [2.45, 2.75) is 0 Å². The summed E-state index contributed by atoms with van der Waals surface area (Å²) in [5.74, 6) is 0.238. The summed E-state index contributed by atoms with van der Waals surface area (Å²) in [4.78, 5) is 13.0. The van der Waals surface area contributed by atoms with Crippen LogP contribution in [0.2, 0.25) is 0 Å². The van der Waals surface area contributed by atoms with E-state index in [4.69, 9.17) is 9.47 Å². The number of sulfonamides is 1. The summed E-state index contributed by atoms with van der Waals surface area (Å²) in [5.41, 5.74) is 2.60. The number of amides is 1. The Labute approximate surface area is 156 Å². The number of benzene rings is 1. The molecule has 26 heavy (non-hydrogen) atoms. The van der Waals surface area contributed by atoms with Crippen LogP contribution in [0.3, 0.4) is 0 Å². The third-order valence-corrected chi connectivity index (χ3v) is 5.21. The van der Waals surface area contributed by atoms with Crippen LogP contribution in [0.1, 0.15) is 4.88 Å². The molecule has 1 aromatic heterocycles. The van der Waals surface area contributed by atoms with Crippen LogP contribution in [0.25, 0.3) is 0 Å². The summed E-state index contributed by atoms with van der Waals surface area (Å²) in [6.07, 6.45) is 2.51. The average Bonchev–Trinajstić information content (AvgIpc) is 3.11. The van der Waals surface area contributed by atoms with E-state index in [0.717, 1.165) is 15.4 Å². The highest BCUT2D eigenvalue weighted by Gasteiger charge is 2.22. The van der Waals surface area contributed by atoms with Crippen molar-refractivity contribution in [2.75, 3.05) is 31.3 Å². The minimum atomic E-state index is -3.70. The van der Waals surface area contributed by atoms with Crippen LogP contribution < -0.4 is 19.2 Å². The number of hydrazone groups is 1. The molecule has 0 aliphatic rings. The molecule has 0 aliphatic carbocycles. The summed E-state index contributed by atoms with van der Waals surface area (Å²) in [7, 11) is -0.780. The van der Waals surface area contributed by atoms with Gasteiger partial charge in [0.05, 0.1) is 32.4 Å². The van der Waals surface area contributed by atoms with Crippen LogP contribution in [0.15, 0.2) is 40.8 Å². The van der Waals surface area contributed by atoms with Crippen LogP contribution in [-0.2, 0) is 14.8 Å². The number of ether oxygens (including phenoxy) is 2. The Morgan fingerprint density at radius 3 is 2.58 bits per heavy atom. The van der Waals surface area contributed by atoms with Crippen molar-refractivity contribution >= 4 is 39.2 Å². The Morgan fingerprint density at radius 2 is 2.00 bits per heavy atom. The highest BCUT2D eigenvalue weighted by atomic mass is 32.2. The largest absolute Gasteiger partial charge is 0.493 e. The molecule has 0 saturated heterocycles. The molecule has 0 saturated carbocycles. The van der Waals surface area contributed by atoms with Gasteiger partial charge in [-0.05, 0) is 23.6 Å². The third-order valence-electron chi connectivity index (χ3n) is 3.27.